The number of carbonyl (C=O) groups excluding carboxylic acids is 3. The summed E-state index contributed by atoms with van der Waals surface area (Å²) in [6.45, 7) is 4.93. The zero-order valence-corrected chi connectivity index (χ0v) is 16.7. The molecule has 2 amide bonds. The molecule has 1 aliphatic heterocycles. The molecule has 1 heterocycles. The van der Waals surface area contributed by atoms with Gasteiger partial charge in [0.05, 0.1) is 11.4 Å². The fourth-order valence-electron chi connectivity index (χ4n) is 3.32. The summed E-state index contributed by atoms with van der Waals surface area (Å²) < 4.78 is 10.6. The Balaban J connectivity index is 1.61. The zero-order valence-electron chi connectivity index (χ0n) is 16.7. The van der Waals surface area contributed by atoms with E-state index in [1.807, 2.05) is 26.0 Å². The average Bonchev–Trinajstić information content (AvgIpc) is 2.79. The normalized spacial score (nSPS) is 15.8. The quantitative estimate of drug-likeness (QED) is 0.786. The number of fused-ring (bicyclic) bond motifs is 1. The molecule has 2 aromatic rings. The van der Waals surface area contributed by atoms with Crippen molar-refractivity contribution in [3.05, 3.63) is 53.6 Å². The number of ether oxygens (including phenoxy) is 2. The minimum Gasteiger partial charge on any atom is -0.482 e. The predicted octanol–water partition coefficient (Wildman–Crippen LogP) is 2.99. The van der Waals surface area contributed by atoms with Gasteiger partial charge < -0.3 is 19.7 Å². The molecule has 0 unspecified atom stereocenters. The molecule has 0 saturated carbocycles. The molecule has 0 saturated heterocycles. The van der Waals surface area contributed by atoms with Gasteiger partial charge in [-0.05, 0) is 44.5 Å². The second-order valence-electron chi connectivity index (χ2n) is 7.10. The van der Waals surface area contributed by atoms with E-state index in [-0.39, 0.29) is 25.0 Å². The van der Waals surface area contributed by atoms with Crippen LogP contribution in [0.2, 0.25) is 0 Å². The van der Waals surface area contributed by atoms with Crippen molar-refractivity contribution < 1.29 is 23.9 Å². The Morgan fingerprint density at radius 1 is 1.14 bits per heavy atom. The van der Waals surface area contributed by atoms with Crippen LogP contribution in [-0.2, 0) is 19.1 Å². The molecule has 1 atom stereocenters. The highest BCUT2D eigenvalue weighted by molar-refractivity contribution is 6.05. The van der Waals surface area contributed by atoms with Crippen molar-refractivity contribution in [3.63, 3.8) is 0 Å². The van der Waals surface area contributed by atoms with Gasteiger partial charge in [-0.25, -0.2) is 4.79 Å². The van der Waals surface area contributed by atoms with Crippen LogP contribution in [0.3, 0.4) is 0 Å². The van der Waals surface area contributed by atoms with Crippen molar-refractivity contribution in [3.8, 4) is 5.75 Å². The van der Waals surface area contributed by atoms with Gasteiger partial charge in [0.15, 0.2) is 13.2 Å². The summed E-state index contributed by atoms with van der Waals surface area (Å²) in [5.41, 5.74) is 3.15. The Morgan fingerprint density at radius 2 is 1.90 bits per heavy atom. The number of nitrogens with one attached hydrogen (secondary N) is 1. The highest BCUT2D eigenvalue weighted by Gasteiger charge is 2.30. The van der Waals surface area contributed by atoms with Crippen LogP contribution in [0.4, 0.5) is 11.4 Å². The second-order valence-corrected chi connectivity index (χ2v) is 7.10. The van der Waals surface area contributed by atoms with E-state index in [9.17, 15) is 14.4 Å². The number of nitrogens with zero attached hydrogens (tertiary/aromatic N) is 1. The summed E-state index contributed by atoms with van der Waals surface area (Å²) in [7, 11) is 0. The van der Waals surface area contributed by atoms with Crippen LogP contribution in [0, 0.1) is 13.8 Å². The third kappa shape index (κ3) is 4.93. The average molecular weight is 396 g/mol. The Kier molecular flexibility index (Phi) is 6.16. The van der Waals surface area contributed by atoms with E-state index in [4.69, 9.17) is 9.47 Å². The van der Waals surface area contributed by atoms with E-state index in [2.05, 4.69) is 5.32 Å². The number of esters is 1. The molecule has 7 heteroatoms. The van der Waals surface area contributed by atoms with E-state index in [0.29, 0.717) is 17.1 Å². The SMILES string of the molecule is Cc1ccc(OCC(=O)OCC(=O)N2c3ccccc3NC(=O)C[C@H]2C)c(C)c1. The van der Waals surface area contributed by atoms with Gasteiger partial charge in [0.25, 0.3) is 5.91 Å². The lowest BCUT2D eigenvalue weighted by molar-refractivity contribution is -0.150. The number of para-hydroxylation sites is 2. The molecule has 0 bridgehead atoms. The van der Waals surface area contributed by atoms with Crippen LogP contribution >= 0.6 is 0 Å². The van der Waals surface area contributed by atoms with Gasteiger partial charge in [0.1, 0.15) is 5.75 Å². The molecule has 152 valence electrons. The third-order valence-electron chi connectivity index (χ3n) is 4.66. The first-order valence-electron chi connectivity index (χ1n) is 9.42. The molecule has 3 rings (SSSR count). The first-order valence-corrected chi connectivity index (χ1v) is 9.42. The molecular formula is C22H24N2O5. The van der Waals surface area contributed by atoms with Crippen molar-refractivity contribution in [2.45, 2.75) is 33.2 Å². The Labute approximate surface area is 169 Å². The topological polar surface area (TPSA) is 84.9 Å². The minimum atomic E-state index is -0.636. The molecule has 0 aliphatic carbocycles. The molecule has 0 fully saturated rings. The van der Waals surface area contributed by atoms with E-state index in [1.165, 1.54) is 4.90 Å². The lowest BCUT2D eigenvalue weighted by Crippen LogP contribution is -2.41. The number of amides is 2. The van der Waals surface area contributed by atoms with Crippen LogP contribution < -0.4 is 15.0 Å². The van der Waals surface area contributed by atoms with Crippen LogP contribution in [0.1, 0.15) is 24.5 Å². The van der Waals surface area contributed by atoms with Crippen LogP contribution in [-0.4, -0.2) is 37.0 Å². The summed E-state index contributed by atoms with van der Waals surface area (Å²) in [6, 6.07) is 12.3. The van der Waals surface area contributed by atoms with Crippen molar-refractivity contribution in [1.82, 2.24) is 0 Å². The first kappa shape index (κ1) is 20.4. The predicted molar refractivity (Wildman–Crippen MR) is 109 cm³/mol. The molecule has 0 radical (unpaired) electrons. The van der Waals surface area contributed by atoms with E-state index < -0.39 is 18.5 Å². The monoisotopic (exact) mass is 396 g/mol. The number of carbonyl (C=O) groups is 3. The lowest BCUT2D eigenvalue weighted by atomic mass is 10.1. The number of anilines is 2. The zero-order chi connectivity index (χ0) is 21.0. The number of aryl methyl sites for hydroxylation is 2. The number of benzene rings is 2. The van der Waals surface area contributed by atoms with Crippen molar-refractivity contribution in [2.24, 2.45) is 0 Å². The van der Waals surface area contributed by atoms with Gasteiger partial charge in [-0.3, -0.25) is 9.59 Å². The highest BCUT2D eigenvalue weighted by atomic mass is 16.6. The highest BCUT2D eigenvalue weighted by Crippen LogP contribution is 2.31. The van der Waals surface area contributed by atoms with Gasteiger partial charge in [0, 0.05) is 12.5 Å². The maximum absolute atomic E-state index is 12.8. The van der Waals surface area contributed by atoms with Crippen molar-refractivity contribution in [2.75, 3.05) is 23.4 Å². The number of hydrogen-bond acceptors (Lipinski definition) is 5. The number of rotatable bonds is 5. The van der Waals surface area contributed by atoms with Crippen molar-refractivity contribution >= 4 is 29.2 Å². The smallest absolute Gasteiger partial charge is 0.344 e. The van der Waals surface area contributed by atoms with Gasteiger partial charge in [-0.1, -0.05) is 29.8 Å². The fourth-order valence-corrected chi connectivity index (χ4v) is 3.32. The molecule has 29 heavy (non-hydrogen) atoms. The summed E-state index contributed by atoms with van der Waals surface area (Å²) in [4.78, 5) is 38.3. The van der Waals surface area contributed by atoms with Crippen LogP contribution in [0.25, 0.3) is 0 Å². The first-order chi connectivity index (χ1) is 13.8. The van der Waals surface area contributed by atoms with Gasteiger partial charge in [0.2, 0.25) is 5.91 Å². The molecule has 7 nitrogen and oxygen atoms in total. The molecular weight excluding hydrogens is 372 g/mol. The minimum absolute atomic E-state index is 0.157. The van der Waals surface area contributed by atoms with E-state index in [1.54, 1.807) is 37.3 Å². The lowest BCUT2D eigenvalue weighted by Gasteiger charge is -2.27. The van der Waals surface area contributed by atoms with Gasteiger partial charge in [-0.15, -0.1) is 0 Å². The third-order valence-corrected chi connectivity index (χ3v) is 4.66. The summed E-state index contributed by atoms with van der Waals surface area (Å²) >= 11 is 0. The molecule has 2 aromatic carbocycles. The fraction of sp³-hybridized carbons (Fsp3) is 0.318. The Bertz CT molecular complexity index is 941. The molecule has 1 aliphatic rings. The standard InChI is InChI=1S/C22H24N2O5/c1-14-8-9-19(15(2)10-14)28-13-22(27)29-12-21(26)24-16(3)11-20(25)23-17-6-4-5-7-18(17)24/h4-10,16H,11-13H2,1-3H3,(H,23,25)/t16-/m1/s1. The van der Waals surface area contributed by atoms with E-state index >= 15 is 0 Å². The summed E-state index contributed by atoms with van der Waals surface area (Å²) in [5.74, 6) is -0.609. The Hall–Kier alpha value is -3.35. The maximum Gasteiger partial charge on any atom is 0.344 e. The van der Waals surface area contributed by atoms with E-state index in [0.717, 1.165) is 11.1 Å². The van der Waals surface area contributed by atoms with Crippen molar-refractivity contribution in [1.29, 1.82) is 0 Å². The van der Waals surface area contributed by atoms with Crippen LogP contribution in [0.5, 0.6) is 5.75 Å². The van der Waals surface area contributed by atoms with Gasteiger partial charge in [-0.2, -0.15) is 0 Å². The second kappa shape index (κ2) is 8.77. The molecule has 1 N–H and O–H groups in total. The maximum atomic E-state index is 12.8. The number of hydrogen-bond donors (Lipinski definition) is 1. The Morgan fingerprint density at radius 3 is 2.66 bits per heavy atom. The van der Waals surface area contributed by atoms with Gasteiger partial charge >= 0.3 is 5.97 Å². The molecule has 0 spiro atoms. The summed E-state index contributed by atoms with van der Waals surface area (Å²) in [6.07, 6.45) is 0.157. The summed E-state index contributed by atoms with van der Waals surface area (Å²) in [5, 5.41) is 2.79. The van der Waals surface area contributed by atoms with Crippen LogP contribution in [0.15, 0.2) is 42.5 Å². The molecule has 0 aromatic heterocycles. The largest absolute Gasteiger partial charge is 0.482 e.